The van der Waals surface area contributed by atoms with Crippen molar-refractivity contribution in [2.24, 2.45) is 0 Å². The minimum absolute atomic E-state index is 0.694. The van der Waals surface area contributed by atoms with Crippen molar-refractivity contribution >= 4 is 7.32 Å². The molecule has 55 heavy (non-hydrogen) atoms. The number of rotatable bonds is 12. The quantitative estimate of drug-likeness (QED) is 0.118. The van der Waals surface area contributed by atoms with E-state index in [2.05, 4.69) is 0 Å². The molecule has 0 aliphatic rings. The summed E-state index contributed by atoms with van der Waals surface area (Å²) >= 11 is 0. The summed E-state index contributed by atoms with van der Waals surface area (Å²) in [6.45, 7) is 0. The van der Waals surface area contributed by atoms with E-state index in [1.165, 1.54) is 14.5 Å². The maximum atomic E-state index is 6.66. The first kappa shape index (κ1) is 33.3. The maximum Gasteiger partial charge on any atom is 0.929 e. The Morgan fingerprint density at radius 2 is 0.509 bits per heavy atom. The predicted molar refractivity (Wildman–Crippen MR) is 215 cm³/mol. The van der Waals surface area contributed by atoms with Gasteiger partial charge in [0.15, 0.2) is 0 Å². The highest BCUT2D eigenvalue weighted by atomic mass is 16.9. The van der Waals surface area contributed by atoms with Crippen molar-refractivity contribution < 1.29 is 14.3 Å². The molecule has 0 bridgehead atoms. The largest absolute Gasteiger partial charge is 0.929 e. The lowest BCUT2D eigenvalue weighted by molar-refractivity contribution is 0.0445. The molecule has 0 unspecified atom stereocenters. The van der Waals surface area contributed by atoms with Crippen LogP contribution in [0.25, 0.3) is 67.5 Å². The van der Waals surface area contributed by atoms with E-state index in [0.717, 1.165) is 33.4 Å². The normalized spacial score (nSPS) is 10.9. The fourth-order valence-corrected chi connectivity index (χ4v) is 6.30. The van der Waals surface area contributed by atoms with Crippen LogP contribution in [-0.4, -0.2) is 37.2 Å². The molecule has 3 aromatic heterocycles. The third-order valence-electron chi connectivity index (χ3n) is 9.01. The van der Waals surface area contributed by atoms with Crippen molar-refractivity contribution in [3.05, 3.63) is 200 Å². The van der Waals surface area contributed by atoms with Gasteiger partial charge in [-0.1, -0.05) is 182 Å². The molecular formula is C45H33BN6O3. The zero-order valence-electron chi connectivity index (χ0n) is 29.5. The average Bonchev–Trinajstić information content (AvgIpc) is 4.00. The Hall–Kier alpha value is -7.59. The van der Waals surface area contributed by atoms with E-state index >= 15 is 0 Å². The van der Waals surface area contributed by atoms with Crippen LogP contribution in [0.1, 0.15) is 0 Å². The molecule has 9 aromatic rings. The maximum absolute atomic E-state index is 6.66. The first-order valence-corrected chi connectivity index (χ1v) is 17.9. The van der Waals surface area contributed by atoms with Crippen LogP contribution in [0, 0.1) is 0 Å². The molecule has 0 saturated heterocycles. The zero-order valence-corrected chi connectivity index (χ0v) is 29.5. The van der Waals surface area contributed by atoms with Gasteiger partial charge >= 0.3 is 7.32 Å². The number of nitrogens with zero attached hydrogens (tertiary/aromatic N) is 6. The highest BCUT2D eigenvalue weighted by Gasteiger charge is 2.38. The molecule has 3 heterocycles. The molecule has 0 spiro atoms. The van der Waals surface area contributed by atoms with Gasteiger partial charge in [-0.3, -0.25) is 0 Å². The highest BCUT2D eigenvalue weighted by molar-refractivity contribution is 6.37. The third-order valence-corrected chi connectivity index (χ3v) is 9.01. The van der Waals surface area contributed by atoms with Gasteiger partial charge in [0.25, 0.3) is 0 Å². The van der Waals surface area contributed by atoms with Crippen LogP contribution in [0.15, 0.2) is 200 Å². The molecule has 6 aromatic carbocycles. The standard InChI is InChI=1S/C45H33BN6O3/c1-7-19-34(20-8-1)40-31-43(37-25-13-4-14-26-37)50(47-40)53-46(54-51-44(38-27-15-5-16-28-38)32-41(48-51)35-21-9-2-10-22-35)55-52-45(39-29-17-6-18-30-39)33-42(49-52)36-23-11-3-12-24-36/h1-33H. The van der Waals surface area contributed by atoms with Gasteiger partial charge in [-0.15, -0.1) is 29.8 Å². The minimum Gasteiger partial charge on any atom is -0.380 e. The number of hydrogen-bond donors (Lipinski definition) is 0. The number of benzene rings is 6. The second-order valence-electron chi connectivity index (χ2n) is 12.7. The lowest BCUT2D eigenvalue weighted by Gasteiger charge is -2.18. The molecule has 0 aliphatic heterocycles. The van der Waals surface area contributed by atoms with Crippen molar-refractivity contribution in [1.29, 1.82) is 0 Å². The smallest absolute Gasteiger partial charge is 0.380 e. The Morgan fingerprint density at radius 1 is 0.291 bits per heavy atom. The van der Waals surface area contributed by atoms with Gasteiger partial charge in [-0.2, -0.15) is 0 Å². The van der Waals surface area contributed by atoms with Gasteiger partial charge in [0.05, 0.1) is 17.1 Å². The van der Waals surface area contributed by atoms with Crippen LogP contribution in [-0.2, 0) is 0 Å². The summed E-state index contributed by atoms with van der Waals surface area (Å²) in [5.41, 5.74) is 9.67. The average molecular weight is 717 g/mol. The fraction of sp³-hybridized carbons (Fsp3) is 0. The highest BCUT2D eigenvalue weighted by Crippen LogP contribution is 2.29. The second-order valence-corrected chi connectivity index (χ2v) is 12.7. The Kier molecular flexibility index (Phi) is 9.18. The summed E-state index contributed by atoms with van der Waals surface area (Å²) in [7, 11) is -1.47. The van der Waals surface area contributed by atoms with Gasteiger partial charge < -0.3 is 14.3 Å². The molecule has 0 atom stereocenters. The van der Waals surface area contributed by atoms with Crippen LogP contribution in [0.5, 0.6) is 0 Å². The first-order chi connectivity index (χ1) is 27.2. The molecule has 0 N–H and O–H groups in total. The summed E-state index contributed by atoms with van der Waals surface area (Å²) in [6, 6.07) is 65.6. The van der Waals surface area contributed by atoms with Gasteiger partial charge in [0.1, 0.15) is 17.1 Å². The van der Waals surface area contributed by atoms with Gasteiger partial charge in [0, 0.05) is 33.4 Å². The molecule has 0 radical (unpaired) electrons. The number of aromatic nitrogens is 6. The van der Waals surface area contributed by atoms with Gasteiger partial charge in [-0.05, 0) is 18.2 Å². The summed E-state index contributed by atoms with van der Waals surface area (Å²) in [5, 5.41) is 14.8. The Labute approximate surface area is 318 Å². The van der Waals surface area contributed by atoms with E-state index in [1.54, 1.807) is 0 Å². The van der Waals surface area contributed by atoms with Crippen molar-refractivity contribution in [2.45, 2.75) is 0 Å². The van der Waals surface area contributed by atoms with Crippen molar-refractivity contribution in [1.82, 2.24) is 29.8 Å². The second kappa shape index (κ2) is 15.2. The molecule has 9 rings (SSSR count). The molecule has 0 fully saturated rings. The zero-order chi connectivity index (χ0) is 36.8. The van der Waals surface area contributed by atoms with E-state index in [9.17, 15) is 0 Å². The van der Waals surface area contributed by atoms with Gasteiger partial charge in [0.2, 0.25) is 0 Å². The minimum atomic E-state index is -1.47. The predicted octanol–water partition coefficient (Wildman–Crippen LogP) is 8.95. The topological polar surface area (TPSA) is 81.1 Å². The Morgan fingerprint density at radius 3 is 0.745 bits per heavy atom. The van der Waals surface area contributed by atoms with Crippen LogP contribution < -0.4 is 14.3 Å². The molecule has 9 nitrogen and oxygen atoms in total. The molecule has 0 amide bonds. The van der Waals surface area contributed by atoms with E-state index in [1.807, 2.05) is 200 Å². The molecule has 10 heteroatoms. The molecule has 0 aliphatic carbocycles. The van der Waals surface area contributed by atoms with E-state index < -0.39 is 7.32 Å². The molecule has 264 valence electrons. The van der Waals surface area contributed by atoms with Crippen LogP contribution in [0.3, 0.4) is 0 Å². The summed E-state index contributed by atoms with van der Waals surface area (Å²) in [4.78, 5) is 4.32. The summed E-state index contributed by atoms with van der Waals surface area (Å²) in [5.74, 6) is 0. The monoisotopic (exact) mass is 716 g/mol. The van der Waals surface area contributed by atoms with Crippen LogP contribution in [0.4, 0.5) is 0 Å². The van der Waals surface area contributed by atoms with Gasteiger partial charge in [-0.25, -0.2) is 0 Å². The Balaban J connectivity index is 1.18. The summed E-state index contributed by atoms with van der Waals surface area (Å²) in [6.07, 6.45) is 0. The van der Waals surface area contributed by atoms with Crippen molar-refractivity contribution in [3.63, 3.8) is 0 Å². The SMILES string of the molecule is c1ccc(-c2cc(-c3ccccc3)n(OB(On3nc(-c4ccccc4)cc3-c3ccccc3)On3nc(-c4ccccc4)cc3-c3ccccc3)n2)cc1. The van der Waals surface area contributed by atoms with Crippen LogP contribution >= 0.6 is 0 Å². The molecular weight excluding hydrogens is 683 g/mol. The van der Waals surface area contributed by atoms with Crippen LogP contribution in [0.2, 0.25) is 0 Å². The van der Waals surface area contributed by atoms with E-state index in [4.69, 9.17) is 29.6 Å². The summed E-state index contributed by atoms with van der Waals surface area (Å²) < 4.78 is 20.0. The third kappa shape index (κ3) is 7.25. The van der Waals surface area contributed by atoms with E-state index in [0.29, 0.717) is 34.2 Å². The number of hydrogen-bond acceptors (Lipinski definition) is 6. The molecule has 0 saturated carbocycles. The lowest BCUT2D eigenvalue weighted by Crippen LogP contribution is -2.50. The van der Waals surface area contributed by atoms with Crippen molar-refractivity contribution in [2.75, 3.05) is 0 Å². The Bertz CT molecular complexity index is 2320. The first-order valence-electron chi connectivity index (χ1n) is 17.9. The fourth-order valence-electron chi connectivity index (χ4n) is 6.30. The lowest BCUT2D eigenvalue weighted by atomic mass is 10.1. The van der Waals surface area contributed by atoms with E-state index in [-0.39, 0.29) is 0 Å². The van der Waals surface area contributed by atoms with Crippen molar-refractivity contribution in [3.8, 4) is 67.5 Å².